The van der Waals surface area contributed by atoms with E-state index in [1.807, 2.05) is 0 Å². The van der Waals surface area contributed by atoms with E-state index in [-0.39, 0.29) is 11.5 Å². The summed E-state index contributed by atoms with van der Waals surface area (Å²) in [5, 5.41) is 0. The van der Waals surface area contributed by atoms with Crippen molar-refractivity contribution in [1.82, 2.24) is 8.96 Å². The van der Waals surface area contributed by atoms with Gasteiger partial charge in [0.2, 0.25) is 0 Å². The molecule has 0 aliphatic carbocycles. The van der Waals surface area contributed by atoms with Gasteiger partial charge in [0.05, 0.1) is 0 Å². The molecule has 0 amide bonds. The fourth-order valence-electron chi connectivity index (χ4n) is 1.29. The average Bonchev–Trinajstić information content (AvgIpc) is 2.83. The van der Waals surface area contributed by atoms with E-state index in [1.165, 1.54) is 43.6 Å². The number of benzene rings is 1. The molecular formula is C11H10N2O4S. The SMILES string of the molecule is CC(=O)c1ccc(OS(=O)(=O)n2ccnc2)cc1. The summed E-state index contributed by atoms with van der Waals surface area (Å²) >= 11 is 0. The van der Waals surface area contributed by atoms with Crippen molar-refractivity contribution in [3.05, 3.63) is 48.5 Å². The highest BCUT2D eigenvalue weighted by atomic mass is 32.2. The number of ketones is 1. The minimum atomic E-state index is -3.93. The number of imidazole rings is 1. The van der Waals surface area contributed by atoms with Crippen molar-refractivity contribution < 1.29 is 17.4 Å². The molecule has 94 valence electrons. The molecule has 0 atom stereocenters. The fourth-order valence-corrected chi connectivity index (χ4v) is 2.10. The Morgan fingerprint density at radius 1 is 1.28 bits per heavy atom. The van der Waals surface area contributed by atoms with E-state index in [0.29, 0.717) is 5.56 Å². The maximum atomic E-state index is 11.7. The number of Topliss-reactive ketones (excluding diaryl/α,β-unsaturated/α-hetero) is 1. The van der Waals surface area contributed by atoms with Crippen molar-refractivity contribution in [1.29, 1.82) is 0 Å². The Hall–Kier alpha value is -2.15. The third-order valence-electron chi connectivity index (χ3n) is 2.20. The van der Waals surface area contributed by atoms with Crippen LogP contribution in [0.3, 0.4) is 0 Å². The Kier molecular flexibility index (Phi) is 3.15. The van der Waals surface area contributed by atoms with Crippen molar-refractivity contribution in [3.8, 4) is 5.75 Å². The van der Waals surface area contributed by atoms with Crippen LogP contribution in [0.15, 0.2) is 43.0 Å². The topological polar surface area (TPSA) is 78.3 Å². The van der Waals surface area contributed by atoms with E-state index >= 15 is 0 Å². The van der Waals surface area contributed by atoms with Gasteiger partial charge in [0.15, 0.2) is 5.78 Å². The minimum absolute atomic E-state index is 0.0981. The zero-order valence-electron chi connectivity index (χ0n) is 9.48. The molecule has 0 N–H and O–H groups in total. The highest BCUT2D eigenvalue weighted by Crippen LogP contribution is 2.15. The minimum Gasteiger partial charge on any atom is -0.366 e. The maximum absolute atomic E-state index is 11.7. The molecule has 0 spiro atoms. The van der Waals surface area contributed by atoms with E-state index in [2.05, 4.69) is 4.98 Å². The van der Waals surface area contributed by atoms with Crippen LogP contribution in [-0.4, -0.2) is 23.2 Å². The van der Waals surface area contributed by atoms with Crippen molar-refractivity contribution >= 4 is 16.1 Å². The molecule has 6 nitrogen and oxygen atoms in total. The molecule has 0 aliphatic rings. The Morgan fingerprint density at radius 2 is 1.94 bits per heavy atom. The van der Waals surface area contributed by atoms with Gasteiger partial charge in [-0.1, -0.05) is 0 Å². The van der Waals surface area contributed by atoms with Gasteiger partial charge < -0.3 is 4.18 Å². The smallest absolute Gasteiger partial charge is 0.366 e. The van der Waals surface area contributed by atoms with Crippen molar-refractivity contribution in [3.63, 3.8) is 0 Å². The van der Waals surface area contributed by atoms with E-state index in [4.69, 9.17) is 4.18 Å². The van der Waals surface area contributed by atoms with Crippen LogP contribution >= 0.6 is 0 Å². The lowest BCUT2D eigenvalue weighted by Crippen LogP contribution is -2.17. The molecule has 1 aromatic carbocycles. The molecule has 0 aliphatic heterocycles. The van der Waals surface area contributed by atoms with Crippen LogP contribution in [-0.2, 0) is 10.3 Å². The maximum Gasteiger partial charge on any atom is 0.414 e. The number of aromatic nitrogens is 2. The molecule has 0 fully saturated rings. The first-order valence-electron chi connectivity index (χ1n) is 5.03. The zero-order chi connectivity index (χ0) is 13.2. The van der Waals surface area contributed by atoms with Crippen LogP contribution in [0, 0.1) is 0 Å². The van der Waals surface area contributed by atoms with Gasteiger partial charge in [-0.25, -0.2) is 8.96 Å². The van der Waals surface area contributed by atoms with Crippen molar-refractivity contribution in [2.45, 2.75) is 6.92 Å². The highest BCUT2D eigenvalue weighted by molar-refractivity contribution is 7.85. The van der Waals surface area contributed by atoms with E-state index in [9.17, 15) is 13.2 Å². The summed E-state index contributed by atoms with van der Waals surface area (Å²) in [4.78, 5) is 14.7. The summed E-state index contributed by atoms with van der Waals surface area (Å²) in [7, 11) is -3.93. The molecule has 7 heteroatoms. The fraction of sp³-hybridized carbons (Fsp3) is 0.0909. The third kappa shape index (κ3) is 2.57. The number of nitrogens with zero attached hydrogens (tertiary/aromatic N) is 2. The molecule has 2 aromatic rings. The molecule has 0 bridgehead atoms. The second kappa shape index (κ2) is 4.61. The normalized spacial score (nSPS) is 11.2. The molecule has 1 aromatic heterocycles. The van der Waals surface area contributed by atoms with Crippen LogP contribution in [0.5, 0.6) is 5.75 Å². The Balaban J connectivity index is 2.22. The van der Waals surface area contributed by atoms with E-state index in [1.54, 1.807) is 0 Å². The molecule has 0 radical (unpaired) electrons. The van der Waals surface area contributed by atoms with Gasteiger partial charge in [0.1, 0.15) is 12.1 Å². The first-order valence-corrected chi connectivity index (χ1v) is 6.39. The van der Waals surface area contributed by atoms with Gasteiger partial charge in [0, 0.05) is 18.0 Å². The number of carbonyl (C=O) groups is 1. The Morgan fingerprint density at radius 3 is 2.44 bits per heavy atom. The largest absolute Gasteiger partial charge is 0.414 e. The second-order valence-corrected chi connectivity index (χ2v) is 4.96. The molecule has 18 heavy (non-hydrogen) atoms. The molecule has 0 saturated carbocycles. The van der Waals surface area contributed by atoms with Gasteiger partial charge in [-0.05, 0) is 31.2 Å². The lowest BCUT2D eigenvalue weighted by Gasteiger charge is -2.06. The molecule has 0 saturated heterocycles. The van der Waals surface area contributed by atoms with E-state index in [0.717, 1.165) is 10.3 Å². The summed E-state index contributed by atoms with van der Waals surface area (Å²) in [5.74, 6) is 0.0349. The highest BCUT2D eigenvalue weighted by Gasteiger charge is 2.14. The molecular weight excluding hydrogens is 256 g/mol. The first kappa shape index (κ1) is 12.3. The average molecular weight is 266 g/mol. The lowest BCUT2D eigenvalue weighted by molar-refractivity contribution is 0.101. The number of carbonyl (C=O) groups excluding carboxylic acids is 1. The predicted molar refractivity (Wildman–Crippen MR) is 63.6 cm³/mol. The quantitative estimate of drug-likeness (QED) is 0.778. The number of hydrogen-bond donors (Lipinski definition) is 0. The molecule has 2 rings (SSSR count). The van der Waals surface area contributed by atoms with Crippen LogP contribution in [0.1, 0.15) is 17.3 Å². The lowest BCUT2D eigenvalue weighted by atomic mass is 10.1. The summed E-state index contributed by atoms with van der Waals surface area (Å²) in [6.45, 7) is 1.43. The van der Waals surface area contributed by atoms with Crippen LogP contribution in [0.25, 0.3) is 0 Å². The van der Waals surface area contributed by atoms with Crippen LogP contribution < -0.4 is 4.18 Å². The van der Waals surface area contributed by atoms with Gasteiger partial charge in [-0.15, -0.1) is 0 Å². The third-order valence-corrected chi connectivity index (χ3v) is 3.34. The number of rotatable bonds is 4. The van der Waals surface area contributed by atoms with Crippen LogP contribution in [0.2, 0.25) is 0 Å². The molecule has 1 heterocycles. The Labute approximate surface area is 104 Å². The number of hydrogen-bond acceptors (Lipinski definition) is 5. The summed E-state index contributed by atoms with van der Waals surface area (Å²) in [6.07, 6.45) is 3.72. The van der Waals surface area contributed by atoms with Gasteiger partial charge in [0.25, 0.3) is 0 Å². The first-order chi connectivity index (χ1) is 8.49. The van der Waals surface area contributed by atoms with E-state index < -0.39 is 10.3 Å². The molecule has 0 unspecified atom stereocenters. The van der Waals surface area contributed by atoms with Crippen molar-refractivity contribution in [2.24, 2.45) is 0 Å². The summed E-state index contributed by atoms with van der Waals surface area (Å²) < 4.78 is 29.1. The van der Waals surface area contributed by atoms with Crippen LogP contribution in [0.4, 0.5) is 0 Å². The predicted octanol–water partition coefficient (Wildman–Crippen LogP) is 1.26. The van der Waals surface area contributed by atoms with Crippen molar-refractivity contribution in [2.75, 3.05) is 0 Å². The second-order valence-electron chi connectivity index (χ2n) is 3.51. The van der Waals surface area contributed by atoms with Gasteiger partial charge in [-0.2, -0.15) is 8.42 Å². The Bertz CT molecular complexity index is 645. The van der Waals surface area contributed by atoms with Gasteiger partial charge in [-0.3, -0.25) is 4.79 Å². The van der Waals surface area contributed by atoms with Gasteiger partial charge >= 0.3 is 10.3 Å². The standard InChI is InChI=1S/C11H10N2O4S/c1-9(14)10-2-4-11(5-3-10)17-18(15,16)13-7-6-12-8-13/h2-8H,1H3. The zero-order valence-corrected chi connectivity index (χ0v) is 10.3. The summed E-state index contributed by atoms with van der Waals surface area (Å²) in [5.41, 5.74) is 0.488. The summed E-state index contributed by atoms with van der Waals surface area (Å²) in [6, 6.07) is 5.85. The monoisotopic (exact) mass is 266 g/mol.